The number of benzene rings is 2. The number of hydrogen-bond donors (Lipinski definition) is 1. The maximum absolute atomic E-state index is 15.4. The molecule has 2 N–H and O–H groups in total. The van der Waals surface area contributed by atoms with Crippen LogP contribution in [0, 0.1) is 17.8 Å². The minimum atomic E-state index is -1.88. The second-order valence-electron chi connectivity index (χ2n) is 14.5. The van der Waals surface area contributed by atoms with Gasteiger partial charge in [0, 0.05) is 11.0 Å². The van der Waals surface area contributed by atoms with Gasteiger partial charge in [0.15, 0.2) is 0 Å². The zero-order valence-corrected chi connectivity index (χ0v) is 36.2. The SMILES string of the molecule is C=C(C)C1(c2ccccc2)CCN(C)CC1.C=C(C)c1ccc(C2=CCC(CC)/C(=C\CC)C2(N)F)cc1.CC.CC.CCCC(CC)C(C)CC. The first-order chi connectivity index (χ1) is 24.8. The molecule has 2 aromatic rings. The second-order valence-corrected chi connectivity index (χ2v) is 14.5. The number of halogens is 1. The maximum Gasteiger partial charge on any atom is 0.207 e. The molecule has 2 aromatic carbocycles. The summed E-state index contributed by atoms with van der Waals surface area (Å²) < 4.78 is 15.4. The van der Waals surface area contributed by atoms with Crippen molar-refractivity contribution in [2.75, 3.05) is 20.1 Å². The molecule has 4 atom stereocenters. The van der Waals surface area contributed by atoms with Crippen LogP contribution in [0.3, 0.4) is 0 Å². The Bertz CT molecular complexity index is 1310. The molecule has 1 saturated heterocycles. The lowest BCUT2D eigenvalue weighted by Crippen LogP contribution is -2.43. The Labute approximate surface area is 323 Å². The average Bonchev–Trinajstić information content (AvgIpc) is 3.17. The largest absolute Gasteiger partial charge is 0.306 e. The smallest absolute Gasteiger partial charge is 0.207 e. The zero-order valence-electron chi connectivity index (χ0n) is 36.2. The van der Waals surface area contributed by atoms with Crippen molar-refractivity contribution in [3.05, 3.63) is 108 Å². The molecule has 1 heterocycles. The summed E-state index contributed by atoms with van der Waals surface area (Å²) in [5, 5.41) is 0. The van der Waals surface area contributed by atoms with E-state index in [1.165, 1.54) is 62.8 Å². The number of nitrogens with zero attached hydrogens (tertiary/aromatic N) is 1. The van der Waals surface area contributed by atoms with Crippen molar-refractivity contribution in [2.45, 2.75) is 152 Å². The fraction of sp³-hybridized carbons (Fsp3) is 0.592. The highest BCUT2D eigenvalue weighted by molar-refractivity contribution is 5.77. The molecular formula is C49H81FN2. The van der Waals surface area contributed by atoms with Gasteiger partial charge < -0.3 is 4.90 Å². The minimum absolute atomic E-state index is 0.202. The van der Waals surface area contributed by atoms with E-state index >= 15 is 4.39 Å². The Balaban J connectivity index is 0.000000762. The lowest BCUT2D eigenvalue weighted by Gasteiger charge is -2.42. The second kappa shape index (κ2) is 26.1. The molecule has 4 unspecified atom stereocenters. The molecule has 2 nitrogen and oxygen atoms in total. The number of likely N-dealkylation sites (tertiary alicyclic amines) is 1. The molecule has 52 heavy (non-hydrogen) atoms. The summed E-state index contributed by atoms with van der Waals surface area (Å²) in [6.07, 6.45) is 14.4. The monoisotopic (exact) mass is 717 g/mol. The van der Waals surface area contributed by atoms with Gasteiger partial charge in [-0.2, -0.15) is 0 Å². The van der Waals surface area contributed by atoms with Crippen LogP contribution in [-0.2, 0) is 5.41 Å². The van der Waals surface area contributed by atoms with E-state index in [-0.39, 0.29) is 11.3 Å². The molecule has 0 aromatic heterocycles. The highest BCUT2D eigenvalue weighted by Gasteiger charge is 2.40. The van der Waals surface area contributed by atoms with Gasteiger partial charge in [0.2, 0.25) is 5.79 Å². The third kappa shape index (κ3) is 14.2. The number of rotatable bonds is 11. The molecule has 0 bridgehead atoms. The van der Waals surface area contributed by atoms with Gasteiger partial charge in [-0.1, -0.05) is 186 Å². The molecule has 1 aliphatic carbocycles. The van der Waals surface area contributed by atoms with Gasteiger partial charge in [-0.15, -0.1) is 0 Å². The Hall–Kier alpha value is -2.75. The highest BCUT2D eigenvalue weighted by Crippen LogP contribution is 2.44. The lowest BCUT2D eigenvalue weighted by molar-refractivity contribution is 0.210. The number of alkyl halides is 1. The number of hydrogen-bond acceptors (Lipinski definition) is 2. The summed E-state index contributed by atoms with van der Waals surface area (Å²) in [5.74, 6) is 0.244. The normalized spacial score (nSPS) is 21.2. The van der Waals surface area contributed by atoms with Crippen molar-refractivity contribution in [1.29, 1.82) is 0 Å². The van der Waals surface area contributed by atoms with Crippen molar-refractivity contribution in [3.8, 4) is 0 Å². The molecule has 0 radical (unpaired) electrons. The fourth-order valence-electron chi connectivity index (χ4n) is 7.49. The Morgan fingerprint density at radius 2 is 1.46 bits per heavy atom. The van der Waals surface area contributed by atoms with Crippen LogP contribution in [-0.4, -0.2) is 30.8 Å². The van der Waals surface area contributed by atoms with E-state index in [1.54, 1.807) is 0 Å². The summed E-state index contributed by atoms with van der Waals surface area (Å²) in [7, 11) is 2.20. The molecule has 2 aliphatic rings. The quantitative estimate of drug-likeness (QED) is 0.185. The Morgan fingerprint density at radius 3 is 1.88 bits per heavy atom. The predicted octanol–water partition coefficient (Wildman–Crippen LogP) is 14.6. The summed E-state index contributed by atoms with van der Waals surface area (Å²) in [4.78, 5) is 2.41. The van der Waals surface area contributed by atoms with Crippen molar-refractivity contribution in [1.82, 2.24) is 4.90 Å². The summed E-state index contributed by atoms with van der Waals surface area (Å²) in [6, 6.07) is 18.7. The van der Waals surface area contributed by atoms with Gasteiger partial charge >= 0.3 is 0 Å². The molecule has 4 rings (SSSR count). The Kier molecular flexibility index (Phi) is 24.7. The number of nitrogens with two attached hydrogens (primary N) is 1. The van der Waals surface area contributed by atoms with Crippen LogP contribution in [0.25, 0.3) is 11.1 Å². The summed E-state index contributed by atoms with van der Waals surface area (Å²) >= 11 is 0. The standard InChI is InChI=1S/C20H26FN.C15H21N.C10H22.2C2H6/c1-5-7-18-15(6-2)12-13-19(20(18,21)22)17-10-8-16(9-11-17)14(3)4;1-13(2)15(9-11-16(3)12-10-15)14-7-5-4-6-8-14;1-5-8-10(7-3)9(4)6-2;2*1-2/h7-11,13,15H,3,5-6,12,22H2,1-2,4H3;4-8H,1,9-12H2,2-3H3;9-10H,5-8H2,1-4H3;2*1-2H3/b18-7+;;;;. The minimum Gasteiger partial charge on any atom is -0.306 e. The molecule has 0 saturated carbocycles. The van der Waals surface area contributed by atoms with Crippen LogP contribution in [0.4, 0.5) is 4.39 Å². The molecule has 3 heteroatoms. The number of piperidine rings is 1. The van der Waals surface area contributed by atoms with E-state index in [9.17, 15) is 0 Å². The van der Waals surface area contributed by atoms with Crippen molar-refractivity contribution >= 4 is 11.1 Å². The maximum atomic E-state index is 15.4. The van der Waals surface area contributed by atoms with Gasteiger partial charge in [-0.25, -0.2) is 4.39 Å². The first kappa shape index (κ1) is 49.2. The van der Waals surface area contributed by atoms with Crippen LogP contribution in [0.15, 0.2) is 91.1 Å². The van der Waals surface area contributed by atoms with Gasteiger partial charge in [0.25, 0.3) is 0 Å². The molecule has 1 aliphatic heterocycles. The first-order valence-electron chi connectivity index (χ1n) is 20.9. The van der Waals surface area contributed by atoms with Gasteiger partial charge in [-0.3, -0.25) is 5.73 Å². The molecule has 1 fully saturated rings. The number of allylic oxidation sites excluding steroid dienone is 4. The van der Waals surface area contributed by atoms with Gasteiger partial charge in [-0.05, 0) is 106 Å². The van der Waals surface area contributed by atoms with Gasteiger partial charge in [0.1, 0.15) is 0 Å². The van der Waals surface area contributed by atoms with Crippen LogP contribution in [0.2, 0.25) is 0 Å². The van der Waals surface area contributed by atoms with Gasteiger partial charge in [0.05, 0.1) is 0 Å². The third-order valence-corrected chi connectivity index (χ3v) is 11.1. The summed E-state index contributed by atoms with van der Waals surface area (Å²) in [5.41, 5.74) is 13.3. The van der Waals surface area contributed by atoms with Crippen LogP contribution in [0.1, 0.15) is 158 Å². The molecule has 0 spiro atoms. The molecule has 294 valence electrons. The van der Waals surface area contributed by atoms with E-state index in [4.69, 9.17) is 5.73 Å². The zero-order chi connectivity index (χ0) is 39.9. The topological polar surface area (TPSA) is 29.3 Å². The molecular weight excluding hydrogens is 636 g/mol. The fourth-order valence-corrected chi connectivity index (χ4v) is 7.49. The first-order valence-corrected chi connectivity index (χ1v) is 20.9. The lowest BCUT2D eigenvalue weighted by atomic mass is 9.68. The summed E-state index contributed by atoms with van der Waals surface area (Å²) in [6.45, 7) is 36.0. The van der Waals surface area contributed by atoms with Crippen molar-refractivity contribution in [3.63, 3.8) is 0 Å². The Morgan fingerprint density at radius 1 is 0.904 bits per heavy atom. The van der Waals surface area contributed by atoms with Crippen LogP contribution < -0.4 is 5.73 Å². The van der Waals surface area contributed by atoms with E-state index < -0.39 is 5.79 Å². The van der Waals surface area contributed by atoms with E-state index in [2.05, 4.69) is 97.0 Å². The molecule has 0 amide bonds. The predicted molar refractivity (Wildman–Crippen MR) is 234 cm³/mol. The van der Waals surface area contributed by atoms with Crippen LogP contribution in [0.5, 0.6) is 0 Å². The van der Waals surface area contributed by atoms with E-state index in [0.717, 1.165) is 53.4 Å². The third-order valence-electron chi connectivity index (χ3n) is 11.1. The highest BCUT2D eigenvalue weighted by atomic mass is 19.1. The van der Waals surface area contributed by atoms with Crippen LogP contribution >= 0.6 is 0 Å². The van der Waals surface area contributed by atoms with E-state index in [1.807, 2.05) is 78.0 Å². The van der Waals surface area contributed by atoms with E-state index in [0.29, 0.717) is 5.57 Å². The average molecular weight is 717 g/mol. The van der Waals surface area contributed by atoms with Crippen molar-refractivity contribution < 1.29 is 4.39 Å². The van der Waals surface area contributed by atoms with Crippen molar-refractivity contribution in [2.24, 2.45) is 23.5 Å².